The number of methoxy groups -OCH3 is 1. The van der Waals surface area contributed by atoms with E-state index in [9.17, 15) is 8.42 Å². The number of hydrogen-bond donors (Lipinski definition) is 0. The predicted molar refractivity (Wildman–Crippen MR) is 78.2 cm³/mol. The zero-order valence-electron chi connectivity index (χ0n) is 12.4. The van der Waals surface area contributed by atoms with Crippen LogP contribution in [0.4, 0.5) is 0 Å². The van der Waals surface area contributed by atoms with Gasteiger partial charge in [-0.3, -0.25) is 4.90 Å². The summed E-state index contributed by atoms with van der Waals surface area (Å²) in [5.74, 6) is 1.14. The number of hydrogen-bond acceptors (Lipinski definition) is 5. The van der Waals surface area contributed by atoms with Gasteiger partial charge in [0.25, 0.3) is 0 Å². The maximum absolute atomic E-state index is 12.0. The Labute approximate surface area is 125 Å². The molecule has 3 heterocycles. The first kappa shape index (κ1) is 15.0. The quantitative estimate of drug-likeness (QED) is 0.821. The number of fused-ring (bicyclic) bond motifs is 1. The van der Waals surface area contributed by atoms with Crippen molar-refractivity contribution in [2.45, 2.75) is 25.1 Å². The Morgan fingerprint density at radius 3 is 2.86 bits per heavy atom. The fourth-order valence-corrected chi connectivity index (χ4v) is 4.81. The minimum Gasteiger partial charge on any atom is -0.468 e. The Balaban J connectivity index is 1.77. The summed E-state index contributed by atoms with van der Waals surface area (Å²) < 4.78 is 36.6. The molecule has 0 aliphatic carbocycles. The molecule has 0 aromatic carbocycles. The third kappa shape index (κ3) is 3.01. The van der Waals surface area contributed by atoms with Gasteiger partial charge in [-0.1, -0.05) is 0 Å². The van der Waals surface area contributed by atoms with E-state index in [1.54, 1.807) is 17.7 Å². The zero-order chi connectivity index (χ0) is 15.0. The fraction of sp³-hybridized carbons (Fsp3) is 0.714. The second-order valence-corrected chi connectivity index (χ2v) is 7.88. The van der Waals surface area contributed by atoms with Crippen LogP contribution < -0.4 is 0 Å². The van der Waals surface area contributed by atoms with Crippen LogP contribution >= 0.6 is 0 Å². The molecule has 0 N–H and O–H groups in total. The largest absolute Gasteiger partial charge is 0.468 e. The minimum absolute atomic E-state index is 0.00802. The molecule has 2 aliphatic heterocycles. The molecule has 21 heavy (non-hydrogen) atoms. The van der Waals surface area contributed by atoms with Crippen LogP contribution in [-0.2, 0) is 21.3 Å². The molecule has 2 saturated heterocycles. The predicted octanol–water partition coefficient (Wildman–Crippen LogP) is 0.760. The average Bonchev–Trinajstić information content (AvgIpc) is 3.05. The molecular formula is C14H22N2O4S. The molecule has 2 fully saturated rings. The molecule has 118 valence electrons. The summed E-state index contributed by atoms with van der Waals surface area (Å²) in [6, 6.07) is 3.83. The van der Waals surface area contributed by atoms with Gasteiger partial charge < -0.3 is 9.15 Å². The van der Waals surface area contributed by atoms with E-state index in [0.29, 0.717) is 13.1 Å². The molecule has 7 heteroatoms. The molecule has 3 rings (SSSR count). The highest BCUT2D eigenvalue weighted by atomic mass is 32.2. The van der Waals surface area contributed by atoms with E-state index in [0.717, 1.165) is 25.3 Å². The lowest BCUT2D eigenvalue weighted by Crippen LogP contribution is -2.53. The van der Waals surface area contributed by atoms with Crippen molar-refractivity contribution in [3.05, 3.63) is 24.2 Å². The smallest absolute Gasteiger partial charge is 0.211 e. The summed E-state index contributed by atoms with van der Waals surface area (Å²) >= 11 is 0. The first-order valence-electron chi connectivity index (χ1n) is 7.23. The summed E-state index contributed by atoms with van der Waals surface area (Å²) in [4.78, 5) is 2.25. The van der Waals surface area contributed by atoms with Gasteiger partial charge in [-0.25, -0.2) is 8.42 Å². The van der Waals surface area contributed by atoms with Crippen molar-refractivity contribution in [3.8, 4) is 0 Å². The Kier molecular flexibility index (Phi) is 4.09. The number of nitrogens with zero attached hydrogens (tertiary/aromatic N) is 2. The number of sulfonamides is 1. The van der Waals surface area contributed by atoms with Crippen molar-refractivity contribution >= 4 is 10.0 Å². The molecular weight excluding hydrogens is 292 g/mol. The van der Waals surface area contributed by atoms with Crippen molar-refractivity contribution in [2.75, 3.05) is 33.0 Å². The molecule has 1 aromatic heterocycles. The van der Waals surface area contributed by atoms with Gasteiger partial charge in [0.15, 0.2) is 0 Å². The van der Waals surface area contributed by atoms with E-state index in [1.807, 2.05) is 12.1 Å². The highest BCUT2D eigenvalue weighted by molar-refractivity contribution is 7.88. The van der Waals surface area contributed by atoms with Crippen LogP contribution in [0.5, 0.6) is 0 Å². The summed E-state index contributed by atoms with van der Waals surface area (Å²) in [7, 11) is -1.45. The zero-order valence-corrected chi connectivity index (χ0v) is 13.3. The van der Waals surface area contributed by atoms with Gasteiger partial charge in [-0.05, 0) is 18.6 Å². The van der Waals surface area contributed by atoms with E-state index >= 15 is 0 Å². The van der Waals surface area contributed by atoms with Gasteiger partial charge in [0, 0.05) is 38.7 Å². The monoisotopic (exact) mass is 314 g/mol. The standard InChI is InChI=1S/C14H22N2O4S/c1-19-14-5-6-16(21(2,17)18)13-10-15(9-12(13)14)8-11-4-3-7-20-11/h3-4,7,12-14H,5-6,8-10H2,1-2H3/t12-,13+,14-/m1/s1. The highest BCUT2D eigenvalue weighted by Crippen LogP contribution is 2.34. The molecule has 1 aromatic rings. The Bertz CT molecular complexity index is 572. The number of likely N-dealkylation sites (tertiary alicyclic amines) is 1. The van der Waals surface area contributed by atoms with Gasteiger partial charge in [0.05, 0.1) is 25.2 Å². The van der Waals surface area contributed by atoms with Crippen molar-refractivity contribution in [1.29, 1.82) is 0 Å². The molecule has 0 bridgehead atoms. The number of rotatable bonds is 4. The van der Waals surface area contributed by atoms with Crippen molar-refractivity contribution in [1.82, 2.24) is 9.21 Å². The first-order valence-corrected chi connectivity index (χ1v) is 9.08. The molecule has 3 atom stereocenters. The summed E-state index contributed by atoms with van der Waals surface area (Å²) in [6.07, 6.45) is 3.86. The third-order valence-electron chi connectivity index (χ3n) is 4.58. The van der Waals surface area contributed by atoms with E-state index < -0.39 is 10.0 Å². The molecule has 0 radical (unpaired) electrons. The summed E-state index contributed by atoms with van der Waals surface area (Å²) in [5.41, 5.74) is 0. The maximum Gasteiger partial charge on any atom is 0.211 e. The molecule has 2 aliphatic rings. The van der Waals surface area contributed by atoms with Crippen LogP contribution in [0.25, 0.3) is 0 Å². The normalized spacial score (nSPS) is 31.4. The van der Waals surface area contributed by atoms with E-state index in [2.05, 4.69) is 4.90 Å². The van der Waals surface area contributed by atoms with Gasteiger partial charge >= 0.3 is 0 Å². The van der Waals surface area contributed by atoms with Gasteiger partial charge in [0.1, 0.15) is 5.76 Å². The fourth-order valence-electron chi connectivity index (χ4n) is 3.66. The van der Waals surface area contributed by atoms with E-state index in [4.69, 9.17) is 9.15 Å². The van der Waals surface area contributed by atoms with Crippen LogP contribution in [0, 0.1) is 5.92 Å². The number of furan rings is 1. The Morgan fingerprint density at radius 2 is 2.24 bits per heavy atom. The maximum atomic E-state index is 12.0. The summed E-state index contributed by atoms with van der Waals surface area (Å²) in [6.45, 7) is 2.84. The number of ether oxygens (including phenoxy) is 1. The van der Waals surface area contributed by atoms with Crippen molar-refractivity contribution < 1.29 is 17.6 Å². The van der Waals surface area contributed by atoms with Crippen LogP contribution in [0.2, 0.25) is 0 Å². The lowest BCUT2D eigenvalue weighted by molar-refractivity contribution is 0.00240. The van der Waals surface area contributed by atoms with Crippen LogP contribution in [0.3, 0.4) is 0 Å². The topological polar surface area (TPSA) is 63.0 Å². The van der Waals surface area contributed by atoms with Gasteiger partial charge in [-0.2, -0.15) is 4.31 Å². The molecule has 0 spiro atoms. The molecule has 0 amide bonds. The van der Waals surface area contributed by atoms with Crippen LogP contribution in [0.1, 0.15) is 12.2 Å². The van der Waals surface area contributed by atoms with Gasteiger partial charge in [-0.15, -0.1) is 0 Å². The first-order chi connectivity index (χ1) is 9.99. The van der Waals surface area contributed by atoms with E-state index in [1.165, 1.54) is 6.26 Å². The van der Waals surface area contributed by atoms with Crippen molar-refractivity contribution in [2.24, 2.45) is 5.92 Å². The third-order valence-corrected chi connectivity index (χ3v) is 5.88. The van der Waals surface area contributed by atoms with E-state index in [-0.39, 0.29) is 18.1 Å². The minimum atomic E-state index is -3.17. The molecule has 0 unspecified atom stereocenters. The van der Waals surface area contributed by atoms with Crippen LogP contribution in [0.15, 0.2) is 22.8 Å². The van der Waals surface area contributed by atoms with Crippen molar-refractivity contribution in [3.63, 3.8) is 0 Å². The Morgan fingerprint density at radius 1 is 1.43 bits per heavy atom. The SMILES string of the molecule is CO[C@@H]1CCN(S(C)(=O)=O)[C@H]2CN(Cc3ccco3)C[C@@H]12. The molecule has 0 saturated carbocycles. The van der Waals surface area contributed by atoms with Gasteiger partial charge in [0.2, 0.25) is 10.0 Å². The van der Waals surface area contributed by atoms with Crippen LogP contribution in [-0.4, -0.2) is 62.8 Å². The highest BCUT2D eigenvalue weighted by Gasteiger charge is 2.47. The Hall–Kier alpha value is -0.890. The average molecular weight is 314 g/mol. The second kappa shape index (κ2) is 5.72. The number of piperidine rings is 1. The molecule has 6 nitrogen and oxygen atoms in total. The lowest BCUT2D eigenvalue weighted by atomic mass is 9.91. The second-order valence-electron chi connectivity index (χ2n) is 5.94. The lowest BCUT2D eigenvalue weighted by Gasteiger charge is -2.39. The summed E-state index contributed by atoms with van der Waals surface area (Å²) in [5, 5.41) is 0.